The van der Waals surface area contributed by atoms with E-state index in [1.165, 1.54) is 24.3 Å². The quantitative estimate of drug-likeness (QED) is 0.584. The van der Waals surface area contributed by atoms with E-state index >= 15 is 0 Å². The van der Waals surface area contributed by atoms with E-state index in [1.54, 1.807) is 6.07 Å². The van der Waals surface area contributed by atoms with Crippen molar-refractivity contribution in [2.24, 2.45) is 5.73 Å². The lowest BCUT2D eigenvalue weighted by Gasteiger charge is -2.11. The number of nitrogens with zero attached hydrogens (tertiary/aromatic N) is 1. The number of hydrogen-bond donors (Lipinski definition) is 1. The molecule has 110 valence electrons. The van der Waals surface area contributed by atoms with Crippen molar-refractivity contribution in [2.45, 2.75) is 6.54 Å². The van der Waals surface area contributed by atoms with E-state index in [-0.39, 0.29) is 23.7 Å². The van der Waals surface area contributed by atoms with Crippen molar-refractivity contribution in [1.29, 1.82) is 0 Å². The Morgan fingerprint density at radius 3 is 2.33 bits per heavy atom. The molecule has 8 heteroatoms. The number of halogens is 3. The molecule has 2 aromatic carbocycles. The van der Waals surface area contributed by atoms with Crippen LogP contribution in [0.25, 0.3) is 0 Å². The van der Waals surface area contributed by atoms with Gasteiger partial charge < -0.3 is 10.5 Å². The monoisotopic (exact) mass is 418 g/mol. The molecular weight excluding hydrogens is 411 g/mol. The second-order valence-corrected chi connectivity index (χ2v) is 5.78. The third-order valence-electron chi connectivity index (χ3n) is 2.64. The topological polar surface area (TPSA) is 78.4 Å². The maximum absolute atomic E-state index is 13.9. The fourth-order valence-corrected chi connectivity index (χ4v) is 2.94. The van der Waals surface area contributed by atoms with Gasteiger partial charge in [0.2, 0.25) is 0 Å². The Balaban J connectivity index is 2.38. The Hall–Kier alpha value is -1.51. The maximum Gasteiger partial charge on any atom is 0.271 e. The average Bonchev–Trinajstić information content (AvgIpc) is 2.43. The highest BCUT2D eigenvalue weighted by Crippen LogP contribution is 2.40. The zero-order valence-electron chi connectivity index (χ0n) is 10.5. The minimum Gasteiger partial charge on any atom is -0.452 e. The summed E-state index contributed by atoms with van der Waals surface area (Å²) in [4.78, 5) is 10.2. The molecule has 5 nitrogen and oxygen atoms in total. The van der Waals surface area contributed by atoms with Gasteiger partial charge >= 0.3 is 0 Å². The first kappa shape index (κ1) is 15.9. The predicted molar refractivity (Wildman–Crippen MR) is 82.9 cm³/mol. The number of hydrogen-bond acceptors (Lipinski definition) is 4. The van der Waals surface area contributed by atoms with Crippen LogP contribution in [0.2, 0.25) is 0 Å². The molecule has 21 heavy (non-hydrogen) atoms. The van der Waals surface area contributed by atoms with Gasteiger partial charge in [0.15, 0.2) is 17.3 Å². The van der Waals surface area contributed by atoms with Crippen LogP contribution in [0.3, 0.4) is 0 Å². The van der Waals surface area contributed by atoms with Gasteiger partial charge in [0, 0.05) is 18.7 Å². The van der Waals surface area contributed by atoms with Gasteiger partial charge in [-0.25, -0.2) is 4.39 Å². The zero-order chi connectivity index (χ0) is 15.6. The van der Waals surface area contributed by atoms with Crippen LogP contribution in [0, 0.1) is 15.9 Å². The molecule has 0 aromatic heterocycles. The second kappa shape index (κ2) is 6.50. The highest BCUT2D eigenvalue weighted by atomic mass is 79.9. The number of rotatable bonds is 4. The van der Waals surface area contributed by atoms with Crippen LogP contribution >= 0.6 is 31.9 Å². The molecule has 0 bridgehead atoms. The molecule has 0 atom stereocenters. The Morgan fingerprint density at radius 2 is 1.86 bits per heavy atom. The lowest BCUT2D eigenvalue weighted by Crippen LogP contribution is -1.98. The van der Waals surface area contributed by atoms with Crippen molar-refractivity contribution >= 4 is 37.5 Å². The lowest BCUT2D eigenvalue weighted by molar-refractivity contribution is -0.385. The van der Waals surface area contributed by atoms with Gasteiger partial charge in [-0.15, -0.1) is 0 Å². The number of benzene rings is 2. The molecule has 2 N–H and O–H groups in total. The van der Waals surface area contributed by atoms with Crippen molar-refractivity contribution < 1.29 is 14.1 Å². The van der Waals surface area contributed by atoms with E-state index in [1.807, 2.05) is 0 Å². The maximum atomic E-state index is 13.9. The fourth-order valence-electron chi connectivity index (χ4n) is 1.61. The van der Waals surface area contributed by atoms with Crippen molar-refractivity contribution in [3.63, 3.8) is 0 Å². The molecule has 0 unspecified atom stereocenters. The number of ether oxygens (including phenoxy) is 1. The Kier molecular flexibility index (Phi) is 4.92. The van der Waals surface area contributed by atoms with E-state index < -0.39 is 10.7 Å². The minimum absolute atomic E-state index is 0.00227. The molecule has 0 aliphatic heterocycles. The molecule has 0 fully saturated rings. The zero-order valence-corrected chi connectivity index (χ0v) is 13.6. The summed E-state index contributed by atoms with van der Waals surface area (Å²) in [5.41, 5.74) is 5.96. The highest BCUT2D eigenvalue weighted by molar-refractivity contribution is 9.11. The van der Waals surface area contributed by atoms with Crippen LogP contribution in [0.5, 0.6) is 11.5 Å². The SMILES string of the molecule is NCc1ccc(Oc2c(Br)cc([N+](=O)[O-])cc2Br)c(F)c1. The van der Waals surface area contributed by atoms with Gasteiger partial charge in [-0.3, -0.25) is 10.1 Å². The molecule has 0 aliphatic rings. The molecule has 0 radical (unpaired) electrons. The molecule has 2 aromatic rings. The first-order chi connectivity index (χ1) is 9.92. The molecule has 0 heterocycles. The standard InChI is InChI=1S/C13H9Br2FN2O3/c14-9-4-8(18(19)20)5-10(15)13(9)21-12-2-1-7(6-17)3-11(12)16/h1-5H,6,17H2. The minimum atomic E-state index is -0.560. The summed E-state index contributed by atoms with van der Waals surface area (Å²) in [6.45, 7) is 0.224. The van der Waals surface area contributed by atoms with Crippen LogP contribution < -0.4 is 10.5 Å². The van der Waals surface area contributed by atoms with Gasteiger partial charge in [0.05, 0.1) is 13.9 Å². The Bertz CT molecular complexity index is 687. The molecule has 2 rings (SSSR count). The number of nitro groups is 1. The number of nitrogens with two attached hydrogens (primary N) is 1. The summed E-state index contributed by atoms with van der Waals surface area (Å²) in [7, 11) is 0. The van der Waals surface area contributed by atoms with E-state index in [9.17, 15) is 14.5 Å². The first-order valence-electron chi connectivity index (χ1n) is 5.72. The molecule has 0 saturated heterocycles. The smallest absolute Gasteiger partial charge is 0.271 e. The molecule has 0 amide bonds. The highest BCUT2D eigenvalue weighted by Gasteiger charge is 2.17. The normalized spacial score (nSPS) is 10.5. The van der Waals surface area contributed by atoms with Gasteiger partial charge in [-0.1, -0.05) is 6.07 Å². The van der Waals surface area contributed by atoms with Gasteiger partial charge in [-0.05, 0) is 49.6 Å². The van der Waals surface area contributed by atoms with Crippen LogP contribution in [0.1, 0.15) is 5.56 Å². The third kappa shape index (κ3) is 3.58. The fraction of sp³-hybridized carbons (Fsp3) is 0.0769. The van der Waals surface area contributed by atoms with Crippen molar-refractivity contribution in [3.8, 4) is 11.5 Å². The first-order valence-corrected chi connectivity index (χ1v) is 7.30. The third-order valence-corrected chi connectivity index (χ3v) is 3.82. The van der Waals surface area contributed by atoms with Gasteiger partial charge in [0.25, 0.3) is 5.69 Å². The number of non-ortho nitro benzene ring substituents is 1. The van der Waals surface area contributed by atoms with Crippen LogP contribution in [0.15, 0.2) is 39.3 Å². The summed E-state index contributed by atoms with van der Waals surface area (Å²) >= 11 is 6.35. The van der Waals surface area contributed by atoms with Crippen molar-refractivity contribution in [3.05, 3.63) is 60.8 Å². The summed E-state index contributed by atoms with van der Waals surface area (Å²) in [6, 6.07) is 6.95. The van der Waals surface area contributed by atoms with Crippen LogP contribution in [-0.2, 0) is 6.54 Å². The lowest BCUT2D eigenvalue weighted by atomic mass is 10.2. The molecule has 0 saturated carbocycles. The summed E-state index contributed by atoms with van der Waals surface area (Å²) in [5.74, 6) is -0.308. The van der Waals surface area contributed by atoms with Crippen LogP contribution in [0.4, 0.5) is 10.1 Å². The van der Waals surface area contributed by atoms with Crippen molar-refractivity contribution in [1.82, 2.24) is 0 Å². The average molecular weight is 420 g/mol. The van der Waals surface area contributed by atoms with E-state index in [0.717, 1.165) is 0 Å². The van der Waals surface area contributed by atoms with Gasteiger partial charge in [0.1, 0.15) is 0 Å². The van der Waals surface area contributed by atoms with E-state index in [0.29, 0.717) is 14.5 Å². The second-order valence-electron chi connectivity index (χ2n) is 4.07. The number of nitro benzene ring substituents is 1. The molecule has 0 aliphatic carbocycles. The summed E-state index contributed by atoms with van der Waals surface area (Å²) in [6.07, 6.45) is 0. The largest absolute Gasteiger partial charge is 0.452 e. The van der Waals surface area contributed by atoms with Crippen molar-refractivity contribution in [2.75, 3.05) is 0 Å². The summed E-state index contributed by atoms with van der Waals surface area (Å²) in [5, 5.41) is 10.8. The Labute approximate surface area is 136 Å². The summed E-state index contributed by atoms with van der Waals surface area (Å²) < 4.78 is 20.0. The van der Waals surface area contributed by atoms with E-state index in [4.69, 9.17) is 10.5 Å². The van der Waals surface area contributed by atoms with Crippen LogP contribution in [-0.4, -0.2) is 4.92 Å². The predicted octanol–water partition coefficient (Wildman–Crippen LogP) is 4.51. The Morgan fingerprint density at radius 1 is 1.24 bits per heavy atom. The molecule has 0 spiro atoms. The molecular formula is C13H9Br2FN2O3. The van der Waals surface area contributed by atoms with E-state index in [2.05, 4.69) is 31.9 Å². The van der Waals surface area contributed by atoms with Gasteiger partial charge in [-0.2, -0.15) is 0 Å².